The van der Waals surface area contributed by atoms with Crippen molar-refractivity contribution in [3.8, 4) is 10.6 Å². The van der Waals surface area contributed by atoms with Crippen molar-refractivity contribution in [2.75, 3.05) is 5.32 Å². The Bertz CT molecular complexity index is 605. The van der Waals surface area contributed by atoms with Crippen molar-refractivity contribution in [3.05, 3.63) is 35.3 Å². The minimum Gasteiger partial charge on any atom is -0.481 e. The molecule has 6 heteroatoms. The zero-order valence-electron chi connectivity index (χ0n) is 10.2. The topological polar surface area (TPSA) is 79.3 Å². The number of aliphatic carboxylic acids is 1. The van der Waals surface area contributed by atoms with Gasteiger partial charge in [0.1, 0.15) is 5.01 Å². The lowest BCUT2D eigenvalue weighted by Crippen LogP contribution is -2.05. The maximum absolute atomic E-state index is 10.9. The second-order valence-corrected chi connectivity index (χ2v) is 4.83. The maximum Gasteiger partial charge on any atom is 0.309 e. The number of carbonyl (C=O) groups is 2. The summed E-state index contributed by atoms with van der Waals surface area (Å²) < 4.78 is 0. The molecule has 98 valence electrons. The highest BCUT2D eigenvalue weighted by atomic mass is 32.1. The first-order chi connectivity index (χ1) is 9.04. The molecule has 0 aliphatic rings. The minimum atomic E-state index is -0.891. The summed E-state index contributed by atoms with van der Waals surface area (Å²) >= 11 is 1.40. The molecule has 1 aromatic heterocycles. The van der Waals surface area contributed by atoms with Crippen molar-refractivity contribution >= 4 is 28.9 Å². The van der Waals surface area contributed by atoms with Crippen LogP contribution in [0.2, 0.25) is 0 Å². The third-order valence-corrected chi connectivity index (χ3v) is 3.28. The predicted octanol–water partition coefficient (Wildman–Crippen LogP) is 2.40. The standard InChI is InChI=1S/C13H12N2O3S/c1-8(16)14-10-4-2-9(3-5-10)13-15-11(7-19-13)6-12(17)18/h2-5,7H,6H2,1H3,(H,14,16)(H,17,18). The Labute approximate surface area is 113 Å². The fourth-order valence-electron chi connectivity index (χ4n) is 1.58. The number of carboxylic acid groups (broad SMARTS) is 1. The first-order valence-corrected chi connectivity index (χ1v) is 6.47. The van der Waals surface area contributed by atoms with Crippen LogP contribution < -0.4 is 5.32 Å². The quantitative estimate of drug-likeness (QED) is 0.898. The van der Waals surface area contributed by atoms with Crippen LogP contribution in [-0.4, -0.2) is 22.0 Å². The van der Waals surface area contributed by atoms with Crippen LogP contribution in [0.15, 0.2) is 29.6 Å². The molecule has 1 heterocycles. The number of thiazole rings is 1. The molecule has 0 atom stereocenters. The molecule has 19 heavy (non-hydrogen) atoms. The van der Waals surface area contributed by atoms with Crippen LogP contribution in [-0.2, 0) is 16.0 Å². The van der Waals surface area contributed by atoms with Gasteiger partial charge in [0.05, 0.1) is 12.1 Å². The average molecular weight is 276 g/mol. The number of carboxylic acids is 1. The Balaban J connectivity index is 2.15. The summed E-state index contributed by atoms with van der Waals surface area (Å²) in [6.45, 7) is 1.45. The molecule has 0 saturated carbocycles. The zero-order chi connectivity index (χ0) is 13.8. The van der Waals surface area contributed by atoms with E-state index in [1.165, 1.54) is 18.3 Å². The van der Waals surface area contributed by atoms with E-state index in [9.17, 15) is 9.59 Å². The smallest absolute Gasteiger partial charge is 0.309 e. The van der Waals surface area contributed by atoms with Crippen LogP contribution in [0.1, 0.15) is 12.6 Å². The van der Waals surface area contributed by atoms with E-state index in [1.54, 1.807) is 17.5 Å². The molecule has 2 rings (SSSR count). The highest BCUT2D eigenvalue weighted by molar-refractivity contribution is 7.13. The van der Waals surface area contributed by atoms with Crippen LogP contribution in [0.3, 0.4) is 0 Å². The van der Waals surface area contributed by atoms with E-state index in [2.05, 4.69) is 10.3 Å². The summed E-state index contributed by atoms with van der Waals surface area (Å²) in [6, 6.07) is 7.26. The van der Waals surface area contributed by atoms with Crippen molar-refractivity contribution < 1.29 is 14.7 Å². The van der Waals surface area contributed by atoms with Crippen LogP contribution in [0, 0.1) is 0 Å². The van der Waals surface area contributed by atoms with Gasteiger partial charge < -0.3 is 10.4 Å². The van der Waals surface area contributed by atoms with Crippen LogP contribution >= 0.6 is 11.3 Å². The molecule has 2 N–H and O–H groups in total. The molecule has 1 amide bonds. The molecular weight excluding hydrogens is 264 g/mol. The predicted molar refractivity (Wildman–Crippen MR) is 73.2 cm³/mol. The number of aromatic nitrogens is 1. The van der Waals surface area contributed by atoms with Crippen molar-refractivity contribution in [2.24, 2.45) is 0 Å². The van der Waals surface area contributed by atoms with Gasteiger partial charge in [-0.2, -0.15) is 0 Å². The molecule has 0 spiro atoms. The van der Waals surface area contributed by atoms with Gasteiger partial charge in [0.2, 0.25) is 5.91 Å². The van der Waals surface area contributed by atoms with Gasteiger partial charge in [0.15, 0.2) is 0 Å². The van der Waals surface area contributed by atoms with Crippen LogP contribution in [0.5, 0.6) is 0 Å². The van der Waals surface area contributed by atoms with E-state index in [0.717, 1.165) is 16.3 Å². The summed E-state index contributed by atoms with van der Waals surface area (Å²) in [5, 5.41) is 13.9. The Hall–Kier alpha value is -2.21. The number of anilines is 1. The molecule has 0 radical (unpaired) electrons. The number of nitrogens with one attached hydrogen (secondary N) is 1. The van der Waals surface area contributed by atoms with Gasteiger partial charge in [-0.15, -0.1) is 11.3 Å². The van der Waals surface area contributed by atoms with Gasteiger partial charge >= 0.3 is 5.97 Å². The molecule has 0 saturated heterocycles. The summed E-state index contributed by atoms with van der Waals surface area (Å²) in [6.07, 6.45) is -0.0690. The fraction of sp³-hybridized carbons (Fsp3) is 0.154. The number of rotatable bonds is 4. The third-order valence-electron chi connectivity index (χ3n) is 2.34. The molecule has 0 fully saturated rings. The Morgan fingerprint density at radius 2 is 2.00 bits per heavy atom. The van der Waals surface area contributed by atoms with Gasteiger partial charge in [0, 0.05) is 23.6 Å². The van der Waals surface area contributed by atoms with E-state index in [0.29, 0.717) is 5.69 Å². The lowest BCUT2D eigenvalue weighted by molar-refractivity contribution is -0.136. The van der Waals surface area contributed by atoms with Gasteiger partial charge in [-0.3, -0.25) is 9.59 Å². The van der Waals surface area contributed by atoms with E-state index < -0.39 is 5.97 Å². The normalized spacial score (nSPS) is 10.2. The van der Waals surface area contributed by atoms with Crippen molar-refractivity contribution in [2.45, 2.75) is 13.3 Å². The molecule has 2 aromatic rings. The summed E-state index contributed by atoms with van der Waals surface area (Å²) in [5.41, 5.74) is 2.17. The average Bonchev–Trinajstić information content (AvgIpc) is 2.76. The largest absolute Gasteiger partial charge is 0.481 e. The molecule has 0 aliphatic carbocycles. The van der Waals surface area contributed by atoms with Crippen LogP contribution in [0.4, 0.5) is 5.69 Å². The first kappa shape index (κ1) is 13.2. The Morgan fingerprint density at radius 1 is 1.32 bits per heavy atom. The molecule has 0 aliphatic heterocycles. The van der Waals surface area contributed by atoms with Crippen LogP contribution in [0.25, 0.3) is 10.6 Å². The number of amides is 1. The third kappa shape index (κ3) is 3.62. The molecule has 0 unspecified atom stereocenters. The fourth-order valence-corrected chi connectivity index (χ4v) is 2.40. The van der Waals surface area contributed by atoms with Gasteiger partial charge in [-0.05, 0) is 24.3 Å². The zero-order valence-corrected chi connectivity index (χ0v) is 11.0. The number of hydrogen-bond acceptors (Lipinski definition) is 4. The lowest BCUT2D eigenvalue weighted by atomic mass is 10.2. The lowest BCUT2D eigenvalue weighted by Gasteiger charge is -2.02. The van der Waals surface area contributed by atoms with Crippen molar-refractivity contribution in [1.29, 1.82) is 0 Å². The molecule has 5 nitrogen and oxygen atoms in total. The number of nitrogens with zero attached hydrogens (tertiary/aromatic N) is 1. The van der Waals surface area contributed by atoms with Gasteiger partial charge in [-0.25, -0.2) is 4.98 Å². The number of benzene rings is 1. The van der Waals surface area contributed by atoms with E-state index in [-0.39, 0.29) is 12.3 Å². The van der Waals surface area contributed by atoms with Gasteiger partial charge in [0.25, 0.3) is 0 Å². The maximum atomic E-state index is 10.9. The SMILES string of the molecule is CC(=O)Nc1ccc(-c2nc(CC(=O)O)cs2)cc1. The molecule has 1 aromatic carbocycles. The van der Waals surface area contributed by atoms with Crippen molar-refractivity contribution in [3.63, 3.8) is 0 Å². The summed E-state index contributed by atoms with van der Waals surface area (Å²) in [7, 11) is 0. The van der Waals surface area contributed by atoms with E-state index in [4.69, 9.17) is 5.11 Å². The molecule has 0 bridgehead atoms. The number of carbonyl (C=O) groups excluding carboxylic acids is 1. The Kier molecular flexibility index (Phi) is 3.91. The van der Waals surface area contributed by atoms with Crippen molar-refractivity contribution in [1.82, 2.24) is 4.98 Å². The minimum absolute atomic E-state index is 0.0690. The second kappa shape index (κ2) is 5.62. The molecular formula is C13H12N2O3S. The monoisotopic (exact) mass is 276 g/mol. The van der Waals surface area contributed by atoms with Gasteiger partial charge in [-0.1, -0.05) is 0 Å². The second-order valence-electron chi connectivity index (χ2n) is 3.97. The summed E-state index contributed by atoms with van der Waals surface area (Å²) in [5.74, 6) is -1.01. The number of hydrogen-bond donors (Lipinski definition) is 2. The Morgan fingerprint density at radius 3 is 2.58 bits per heavy atom. The first-order valence-electron chi connectivity index (χ1n) is 5.59. The highest BCUT2D eigenvalue weighted by Gasteiger charge is 2.08. The van der Waals surface area contributed by atoms with E-state index >= 15 is 0 Å². The summed E-state index contributed by atoms with van der Waals surface area (Å²) in [4.78, 5) is 25.7. The highest BCUT2D eigenvalue weighted by Crippen LogP contribution is 2.25. The van der Waals surface area contributed by atoms with E-state index in [1.807, 2.05) is 12.1 Å².